The first-order valence-corrected chi connectivity index (χ1v) is 9.17. The van der Waals surface area contributed by atoms with E-state index >= 15 is 0 Å². The minimum atomic E-state index is -0.258. The molecule has 0 bridgehead atoms. The zero-order valence-corrected chi connectivity index (χ0v) is 16.3. The zero-order chi connectivity index (χ0) is 19.6. The van der Waals surface area contributed by atoms with Gasteiger partial charge < -0.3 is 14.5 Å². The molecule has 0 saturated carbocycles. The molecule has 0 radical (unpaired) electrons. The van der Waals surface area contributed by atoms with E-state index in [1.165, 1.54) is 14.2 Å². The third-order valence-corrected chi connectivity index (χ3v) is 4.90. The van der Waals surface area contributed by atoms with Gasteiger partial charge in [0.05, 0.1) is 25.4 Å². The SMILES string of the molecule is COc1ccc(C(=O)CSc2nc3nc(C)cc(C)c3c(=O)[nH]2)cc1OC. The van der Waals surface area contributed by atoms with Crippen molar-refractivity contribution in [2.75, 3.05) is 20.0 Å². The van der Waals surface area contributed by atoms with Crippen LogP contribution in [0, 0.1) is 13.8 Å². The first-order chi connectivity index (χ1) is 12.9. The summed E-state index contributed by atoms with van der Waals surface area (Å²) in [6, 6.07) is 6.83. The summed E-state index contributed by atoms with van der Waals surface area (Å²) in [6.45, 7) is 3.70. The van der Waals surface area contributed by atoms with Crippen LogP contribution >= 0.6 is 11.8 Å². The van der Waals surface area contributed by atoms with Crippen molar-refractivity contribution in [2.24, 2.45) is 0 Å². The largest absolute Gasteiger partial charge is 0.493 e. The molecule has 3 rings (SSSR count). The standard InChI is InChI=1S/C19H19N3O4S/c1-10-7-11(2)20-17-16(10)18(24)22-19(21-17)27-9-13(23)12-5-6-14(25-3)15(8-12)26-4/h5-8H,9H2,1-4H3,(H,20,21,22,24). The maximum Gasteiger partial charge on any atom is 0.261 e. The molecule has 0 spiro atoms. The average molecular weight is 385 g/mol. The van der Waals surface area contributed by atoms with E-state index in [2.05, 4.69) is 15.0 Å². The summed E-state index contributed by atoms with van der Waals surface area (Å²) in [5, 5.41) is 0.829. The number of pyridine rings is 1. The molecule has 7 nitrogen and oxygen atoms in total. The number of aryl methyl sites for hydroxylation is 2. The number of carbonyl (C=O) groups excluding carboxylic acids is 1. The molecule has 0 saturated heterocycles. The van der Waals surface area contributed by atoms with Crippen LogP contribution in [0.2, 0.25) is 0 Å². The number of ether oxygens (including phenoxy) is 2. The summed E-state index contributed by atoms with van der Waals surface area (Å²) in [6.07, 6.45) is 0. The van der Waals surface area contributed by atoms with Crippen molar-refractivity contribution >= 4 is 28.6 Å². The topological polar surface area (TPSA) is 94.2 Å². The predicted molar refractivity (Wildman–Crippen MR) is 104 cm³/mol. The number of fused-ring (bicyclic) bond motifs is 1. The van der Waals surface area contributed by atoms with Crippen LogP contribution in [0.4, 0.5) is 0 Å². The molecular weight excluding hydrogens is 366 g/mol. The first kappa shape index (κ1) is 18.9. The van der Waals surface area contributed by atoms with Crippen molar-refractivity contribution in [3.8, 4) is 11.5 Å². The van der Waals surface area contributed by atoms with E-state index in [0.29, 0.717) is 33.3 Å². The number of ketones is 1. The summed E-state index contributed by atoms with van der Waals surface area (Å²) in [5.74, 6) is 1.05. The number of nitrogens with one attached hydrogen (secondary N) is 1. The van der Waals surface area contributed by atoms with Crippen LogP contribution in [0.5, 0.6) is 11.5 Å². The van der Waals surface area contributed by atoms with Gasteiger partial charge in [0.2, 0.25) is 0 Å². The van der Waals surface area contributed by atoms with E-state index < -0.39 is 0 Å². The molecule has 2 aromatic heterocycles. The predicted octanol–water partition coefficient (Wildman–Crippen LogP) is 2.93. The molecule has 0 aliphatic rings. The van der Waals surface area contributed by atoms with Gasteiger partial charge in [0.1, 0.15) is 0 Å². The third kappa shape index (κ3) is 3.95. The first-order valence-electron chi connectivity index (χ1n) is 8.19. The van der Waals surface area contributed by atoms with Gasteiger partial charge in [-0.3, -0.25) is 9.59 Å². The lowest BCUT2D eigenvalue weighted by atomic mass is 10.1. The number of thioether (sulfide) groups is 1. The molecule has 0 aliphatic carbocycles. The van der Waals surface area contributed by atoms with Crippen LogP contribution in [-0.4, -0.2) is 40.7 Å². The number of benzene rings is 1. The second-order valence-electron chi connectivity index (χ2n) is 5.93. The van der Waals surface area contributed by atoms with Gasteiger partial charge in [0.25, 0.3) is 5.56 Å². The number of methoxy groups -OCH3 is 2. The number of nitrogens with zero attached hydrogens (tertiary/aromatic N) is 2. The maximum absolute atomic E-state index is 12.5. The lowest BCUT2D eigenvalue weighted by Gasteiger charge is -2.09. The molecule has 8 heteroatoms. The number of aromatic amines is 1. The highest BCUT2D eigenvalue weighted by atomic mass is 32.2. The number of Topliss-reactive ketones (excluding diaryl/α,β-unsaturated/α-hetero) is 1. The molecule has 140 valence electrons. The van der Waals surface area contributed by atoms with Crippen LogP contribution in [0.3, 0.4) is 0 Å². The van der Waals surface area contributed by atoms with E-state index in [0.717, 1.165) is 23.0 Å². The highest BCUT2D eigenvalue weighted by Gasteiger charge is 2.14. The normalized spacial score (nSPS) is 10.8. The van der Waals surface area contributed by atoms with Crippen molar-refractivity contribution in [2.45, 2.75) is 19.0 Å². The Morgan fingerprint density at radius 3 is 2.56 bits per heavy atom. The van der Waals surface area contributed by atoms with Gasteiger partial charge in [0.15, 0.2) is 28.1 Å². The second kappa shape index (κ2) is 7.79. The van der Waals surface area contributed by atoms with E-state index in [1.54, 1.807) is 18.2 Å². The van der Waals surface area contributed by atoms with E-state index in [1.807, 2.05) is 19.9 Å². The molecule has 3 aromatic rings. The summed E-state index contributed by atoms with van der Waals surface area (Å²) in [5.41, 5.74) is 2.23. The smallest absolute Gasteiger partial charge is 0.261 e. The van der Waals surface area contributed by atoms with Crippen molar-refractivity contribution in [3.05, 3.63) is 51.4 Å². The van der Waals surface area contributed by atoms with Crippen molar-refractivity contribution in [1.82, 2.24) is 15.0 Å². The fourth-order valence-corrected chi connectivity index (χ4v) is 3.51. The molecule has 1 aromatic carbocycles. The number of rotatable bonds is 6. The molecule has 27 heavy (non-hydrogen) atoms. The Morgan fingerprint density at radius 2 is 1.85 bits per heavy atom. The number of aromatic nitrogens is 3. The summed E-state index contributed by atoms with van der Waals surface area (Å²) in [7, 11) is 3.05. The monoisotopic (exact) mass is 385 g/mol. The number of H-pyrrole nitrogens is 1. The minimum Gasteiger partial charge on any atom is -0.493 e. The van der Waals surface area contributed by atoms with Crippen LogP contribution in [0.15, 0.2) is 34.2 Å². The Balaban J connectivity index is 1.82. The highest BCUT2D eigenvalue weighted by Crippen LogP contribution is 2.28. The number of carbonyl (C=O) groups is 1. The lowest BCUT2D eigenvalue weighted by molar-refractivity contribution is 0.102. The van der Waals surface area contributed by atoms with Gasteiger partial charge in [-0.15, -0.1) is 0 Å². The third-order valence-electron chi connectivity index (χ3n) is 4.03. The molecule has 2 heterocycles. The van der Waals surface area contributed by atoms with Gasteiger partial charge in [0, 0.05) is 11.3 Å². The Kier molecular flexibility index (Phi) is 5.46. The van der Waals surface area contributed by atoms with Gasteiger partial charge in [-0.1, -0.05) is 11.8 Å². The maximum atomic E-state index is 12.5. The Labute approximate surface area is 160 Å². The van der Waals surface area contributed by atoms with Crippen molar-refractivity contribution < 1.29 is 14.3 Å². The van der Waals surface area contributed by atoms with Gasteiger partial charge in [-0.2, -0.15) is 0 Å². The summed E-state index contributed by atoms with van der Waals surface area (Å²) >= 11 is 1.16. The molecule has 0 unspecified atom stereocenters. The van der Waals surface area contributed by atoms with E-state index in [4.69, 9.17) is 9.47 Å². The van der Waals surface area contributed by atoms with Gasteiger partial charge in [-0.25, -0.2) is 9.97 Å². The Bertz CT molecular complexity index is 1080. The van der Waals surface area contributed by atoms with Crippen molar-refractivity contribution in [3.63, 3.8) is 0 Å². The lowest BCUT2D eigenvalue weighted by Crippen LogP contribution is -2.13. The van der Waals surface area contributed by atoms with Crippen LogP contribution < -0.4 is 15.0 Å². The molecule has 1 N–H and O–H groups in total. The molecule has 0 fully saturated rings. The minimum absolute atomic E-state index is 0.114. The number of hydrogen-bond donors (Lipinski definition) is 1. The Morgan fingerprint density at radius 1 is 1.11 bits per heavy atom. The zero-order valence-electron chi connectivity index (χ0n) is 15.5. The molecular formula is C19H19N3O4S. The van der Waals surface area contributed by atoms with Gasteiger partial charge >= 0.3 is 0 Å². The summed E-state index contributed by atoms with van der Waals surface area (Å²) < 4.78 is 10.4. The van der Waals surface area contributed by atoms with E-state index in [-0.39, 0.29) is 17.1 Å². The average Bonchev–Trinajstić information content (AvgIpc) is 2.64. The second-order valence-corrected chi connectivity index (χ2v) is 6.90. The fraction of sp³-hybridized carbons (Fsp3) is 0.263. The quantitative estimate of drug-likeness (QED) is 0.396. The summed E-state index contributed by atoms with van der Waals surface area (Å²) in [4.78, 5) is 36.3. The van der Waals surface area contributed by atoms with Gasteiger partial charge in [-0.05, 0) is 43.7 Å². The highest BCUT2D eigenvalue weighted by molar-refractivity contribution is 7.99. The molecule has 0 aliphatic heterocycles. The fourth-order valence-electron chi connectivity index (χ4n) is 2.76. The Hall–Kier alpha value is -2.87. The van der Waals surface area contributed by atoms with E-state index in [9.17, 15) is 9.59 Å². The van der Waals surface area contributed by atoms with Crippen LogP contribution in [-0.2, 0) is 0 Å². The molecule has 0 amide bonds. The van der Waals surface area contributed by atoms with Crippen molar-refractivity contribution in [1.29, 1.82) is 0 Å². The molecule has 0 atom stereocenters. The number of hydrogen-bond acceptors (Lipinski definition) is 7. The van der Waals surface area contributed by atoms with Crippen LogP contribution in [0.1, 0.15) is 21.6 Å². The van der Waals surface area contributed by atoms with Crippen LogP contribution in [0.25, 0.3) is 11.0 Å².